The van der Waals surface area contributed by atoms with Crippen molar-refractivity contribution in [1.29, 1.82) is 0 Å². The Bertz CT molecular complexity index is 1360. The SMILES string of the molecule is O=C(C(c1cccc2c(Br)cccc12)N1CCOCC1)C(c1cccc2c(Br)cccc12)N1CCOCC1. The van der Waals surface area contributed by atoms with E-state index in [0.717, 1.165) is 67.8 Å². The summed E-state index contributed by atoms with van der Waals surface area (Å²) in [6.07, 6.45) is 0. The molecule has 0 saturated carbocycles. The van der Waals surface area contributed by atoms with E-state index >= 15 is 4.79 Å². The van der Waals surface area contributed by atoms with Crippen molar-refractivity contribution in [3.8, 4) is 0 Å². The van der Waals surface area contributed by atoms with Gasteiger partial charge in [-0.05, 0) is 44.8 Å². The van der Waals surface area contributed by atoms with E-state index in [-0.39, 0.29) is 5.78 Å². The van der Waals surface area contributed by atoms with E-state index in [2.05, 4.69) is 114 Å². The number of benzene rings is 4. The lowest BCUT2D eigenvalue weighted by Crippen LogP contribution is -2.48. The molecule has 38 heavy (non-hydrogen) atoms. The largest absolute Gasteiger partial charge is 0.379 e. The minimum Gasteiger partial charge on any atom is -0.379 e. The van der Waals surface area contributed by atoms with Gasteiger partial charge in [-0.2, -0.15) is 0 Å². The molecule has 0 amide bonds. The van der Waals surface area contributed by atoms with Crippen LogP contribution in [0, 0.1) is 0 Å². The minimum absolute atomic E-state index is 0.203. The van der Waals surface area contributed by atoms with Crippen molar-refractivity contribution in [3.63, 3.8) is 0 Å². The van der Waals surface area contributed by atoms with E-state index in [4.69, 9.17) is 9.47 Å². The molecule has 2 aliphatic rings. The quantitative estimate of drug-likeness (QED) is 0.240. The fourth-order valence-electron chi connectivity index (χ4n) is 5.95. The van der Waals surface area contributed by atoms with Crippen LogP contribution >= 0.6 is 31.9 Å². The predicted molar refractivity (Wildman–Crippen MR) is 159 cm³/mol. The van der Waals surface area contributed by atoms with Gasteiger partial charge < -0.3 is 9.47 Å². The Morgan fingerprint density at radius 2 is 0.947 bits per heavy atom. The van der Waals surface area contributed by atoms with Crippen molar-refractivity contribution in [2.75, 3.05) is 52.6 Å². The van der Waals surface area contributed by atoms with E-state index < -0.39 is 12.1 Å². The number of ketones is 1. The first kappa shape index (κ1) is 26.1. The topological polar surface area (TPSA) is 42.0 Å². The smallest absolute Gasteiger partial charge is 0.176 e. The second-order valence-corrected chi connectivity index (χ2v) is 11.6. The number of Topliss-reactive ketones (excluding diaryl/α,β-unsaturated/α-hetero) is 1. The van der Waals surface area contributed by atoms with Gasteiger partial charge >= 0.3 is 0 Å². The molecule has 4 aromatic rings. The molecule has 2 saturated heterocycles. The molecule has 0 radical (unpaired) electrons. The second kappa shape index (κ2) is 11.5. The molecule has 0 aliphatic carbocycles. The average Bonchev–Trinajstić information content (AvgIpc) is 2.96. The summed E-state index contributed by atoms with van der Waals surface area (Å²) in [6.45, 7) is 5.39. The third-order valence-electron chi connectivity index (χ3n) is 7.76. The van der Waals surface area contributed by atoms with Crippen LogP contribution in [0.25, 0.3) is 21.5 Å². The summed E-state index contributed by atoms with van der Waals surface area (Å²) in [5, 5.41) is 4.45. The van der Waals surface area contributed by atoms with Gasteiger partial charge in [0.05, 0.1) is 38.5 Å². The summed E-state index contributed by atoms with van der Waals surface area (Å²) in [5.74, 6) is 0.203. The van der Waals surface area contributed by atoms with Gasteiger partial charge in [-0.3, -0.25) is 14.6 Å². The Hall–Kier alpha value is -2.13. The van der Waals surface area contributed by atoms with Crippen molar-refractivity contribution < 1.29 is 14.3 Å². The van der Waals surface area contributed by atoms with Gasteiger partial charge in [0.2, 0.25) is 0 Å². The van der Waals surface area contributed by atoms with Crippen molar-refractivity contribution >= 4 is 59.2 Å². The Balaban J connectivity index is 1.54. The van der Waals surface area contributed by atoms with Crippen LogP contribution in [-0.4, -0.2) is 68.2 Å². The van der Waals surface area contributed by atoms with Gasteiger partial charge in [0.15, 0.2) is 5.78 Å². The molecule has 2 fully saturated rings. The number of carbonyl (C=O) groups excluding carboxylic acids is 1. The van der Waals surface area contributed by atoms with Crippen LogP contribution < -0.4 is 0 Å². The number of hydrogen-bond acceptors (Lipinski definition) is 5. The van der Waals surface area contributed by atoms with Crippen molar-refractivity contribution in [2.24, 2.45) is 0 Å². The van der Waals surface area contributed by atoms with Gasteiger partial charge in [0.1, 0.15) is 0 Å². The molecule has 4 aromatic carbocycles. The third-order valence-corrected chi connectivity index (χ3v) is 9.14. The van der Waals surface area contributed by atoms with E-state index in [1.807, 2.05) is 0 Å². The molecular weight excluding hydrogens is 608 g/mol. The average molecular weight is 638 g/mol. The fourth-order valence-corrected chi connectivity index (χ4v) is 6.95. The molecule has 5 nitrogen and oxygen atoms in total. The number of morpholine rings is 2. The van der Waals surface area contributed by atoms with Gasteiger partial charge in [0, 0.05) is 35.1 Å². The van der Waals surface area contributed by atoms with Crippen LogP contribution in [0.3, 0.4) is 0 Å². The molecule has 2 atom stereocenters. The molecule has 0 N–H and O–H groups in total. The first-order valence-electron chi connectivity index (χ1n) is 13.1. The second-order valence-electron chi connectivity index (χ2n) is 9.87. The lowest BCUT2D eigenvalue weighted by atomic mass is 9.86. The fraction of sp³-hybridized carbons (Fsp3) is 0.323. The maximum Gasteiger partial charge on any atom is 0.176 e. The van der Waals surface area contributed by atoms with Crippen molar-refractivity contribution in [3.05, 3.63) is 92.9 Å². The molecule has 2 unspecified atom stereocenters. The number of ether oxygens (including phenoxy) is 2. The molecule has 7 heteroatoms. The lowest BCUT2D eigenvalue weighted by molar-refractivity contribution is -0.133. The first-order valence-corrected chi connectivity index (χ1v) is 14.7. The summed E-state index contributed by atoms with van der Waals surface area (Å²) >= 11 is 7.46. The predicted octanol–water partition coefficient (Wildman–Crippen LogP) is 6.53. The summed E-state index contributed by atoms with van der Waals surface area (Å²) in [5.41, 5.74) is 2.10. The molecule has 2 heterocycles. The highest BCUT2D eigenvalue weighted by molar-refractivity contribution is 9.11. The maximum absolute atomic E-state index is 15.1. The standard InChI is InChI=1S/C31H30Br2N2O3/c32-27-11-3-5-21-23(27)7-1-9-25(21)29(34-13-17-37-18-14-34)31(36)30(35-15-19-38-20-16-35)26-10-2-8-24-22(26)6-4-12-28(24)33/h1-12,29-30H,13-20H2. The molecule has 2 aliphatic heterocycles. The molecular formula is C31H30Br2N2O3. The molecule has 0 aromatic heterocycles. The van der Waals surface area contributed by atoms with Crippen LogP contribution in [0.15, 0.2) is 81.7 Å². The number of rotatable bonds is 6. The van der Waals surface area contributed by atoms with E-state index in [9.17, 15) is 0 Å². The van der Waals surface area contributed by atoms with Gasteiger partial charge in [-0.25, -0.2) is 0 Å². The van der Waals surface area contributed by atoms with Crippen molar-refractivity contribution in [2.45, 2.75) is 12.1 Å². The minimum atomic E-state index is -0.396. The molecule has 0 bridgehead atoms. The molecule has 0 spiro atoms. The number of carbonyl (C=O) groups is 1. The monoisotopic (exact) mass is 636 g/mol. The maximum atomic E-state index is 15.1. The number of hydrogen-bond donors (Lipinski definition) is 0. The zero-order valence-electron chi connectivity index (χ0n) is 21.1. The van der Waals surface area contributed by atoms with Crippen molar-refractivity contribution in [1.82, 2.24) is 9.80 Å². The molecule has 196 valence electrons. The lowest BCUT2D eigenvalue weighted by Gasteiger charge is -2.40. The summed E-state index contributed by atoms with van der Waals surface area (Å²) in [6, 6.07) is 24.3. The van der Waals surface area contributed by atoms with Gasteiger partial charge in [-0.1, -0.05) is 92.5 Å². The zero-order chi connectivity index (χ0) is 26.1. The normalized spacial score (nSPS) is 19.0. The van der Waals surface area contributed by atoms with Gasteiger partial charge in [0.25, 0.3) is 0 Å². The van der Waals surface area contributed by atoms with Crippen LogP contribution in [0.5, 0.6) is 0 Å². The van der Waals surface area contributed by atoms with Gasteiger partial charge in [-0.15, -0.1) is 0 Å². The van der Waals surface area contributed by atoms with E-state index in [0.29, 0.717) is 26.4 Å². The summed E-state index contributed by atoms with van der Waals surface area (Å²) in [4.78, 5) is 19.7. The zero-order valence-corrected chi connectivity index (χ0v) is 24.3. The van der Waals surface area contributed by atoms with Crippen LogP contribution in [0.1, 0.15) is 23.2 Å². The Labute approximate surface area is 239 Å². The highest BCUT2D eigenvalue weighted by Gasteiger charge is 2.39. The highest BCUT2D eigenvalue weighted by Crippen LogP contribution is 2.40. The van der Waals surface area contributed by atoms with Crippen LogP contribution in [0.4, 0.5) is 0 Å². The van der Waals surface area contributed by atoms with Crippen LogP contribution in [-0.2, 0) is 14.3 Å². The summed E-state index contributed by atoms with van der Waals surface area (Å²) < 4.78 is 13.5. The number of nitrogens with zero attached hydrogens (tertiary/aromatic N) is 2. The van der Waals surface area contributed by atoms with E-state index in [1.165, 1.54) is 0 Å². The van der Waals surface area contributed by atoms with E-state index in [1.54, 1.807) is 0 Å². The molecule has 6 rings (SSSR count). The summed E-state index contributed by atoms with van der Waals surface area (Å²) in [7, 11) is 0. The Morgan fingerprint density at radius 3 is 1.37 bits per heavy atom. The Kier molecular flexibility index (Phi) is 7.93. The number of fused-ring (bicyclic) bond motifs is 2. The Morgan fingerprint density at radius 1 is 0.579 bits per heavy atom. The number of halogens is 2. The third kappa shape index (κ3) is 4.96. The highest BCUT2D eigenvalue weighted by atomic mass is 79.9. The first-order chi connectivity index (χ1) is 18.6. The van der Waals surface area contributed by atoms with Crippen LogP contribution in [0.2, 0.25) is 0 Å².